The van der Waals surface area contributed by atoms with Crippen LogP contribution >= 0.6 is 15.9 Å². The van der Waals surface area contributed by atoms with Crippen molar-refractivity contribution in [1.82, 2.24) is 4.90 Å². The summed E-state index contributed by atoms with van der Waals surface area (Å²) in [5.41, 5.74) is 0.961. The van der Waals surface area contributed by atoms with Gasteiger partial charge >= 0.3 is 6.09 Å². The predicted octanol–water partition coefficient (Wildman–Crippen LogP) is 2.01. The number of alkyl halides is 1. The summed E-state index contributed by atoms with van der Waals surface area (Å²) in [6.07, 6.45) is -0.824. The van der Waals surface area contributed by atoms with Crippen molar-refractivity contribution in [3.8, 4) is 0 Å². The average molecular weight is 314 g/mol. The van der Waals surface area contributed by atoms with Crippen molar-refractivity contribution in [3.63, 3.8) is 0 Å². The molecule has 1 aromatic rings. The smallest absolute Gasteiger partial charge is 0.410 e. The number of carbonyl (C=O) groups is 1. The first-order valence-electron chi connectivity index (χ1n) is 5.90. The van der Waals surface area contributed by atoms with Gasteiger partial charge in [-0.05, 0) is 5.56 Å². The molecule has 1 saturated heterocycles. The minimum atomic E-state index is -0.464. The number of benzene rings is 1. The van der Waals surface area contributed by atoms with Crippen LogP contribution in [-0.4, -0.2) is 40.6 Å². The maximum absolute atomic E-state index is 11.8. The quantitative estimate of drug-likeness (QED) is 0.868. The Morgan fingerprint density at radius 3 is 2.72 bits per heavy atom. The van der Waals surface area contributed by atoms with E-state index in [1.165, 1.54) is 0 Å². The normalized spacial score (nSPS) is 23.1. The van der Waals surface area contributed by atoms with E-state index in [9.17, 15) is 9.90 Å². The summed E-state index contributed by atoms with van der Waals surface area (Å²) in [5, 5.41) is 10.4. The fourth-order valence-electron chi connectivity index (χ4n) is 1.97. The number of rotatable bonds is 3. The maximum atomic E-state index is 11.8. The number of aliphatic hydroxyl groups excluding tert-OH is 1. The van der Waals surface area contributed by atoms with Gasteiger partial charge in [-0.25, -0.2) is 4.79 Å². The van der Waals surface area contributed by atoms with Gasteiger partial charge in [0, 0.05) is 17.8 Å². The van der Waals surface area contributed by atoms with E-state index in [1.807, 2.05) is 30.3 Å². The number of amides is 1. The van der Waals surface area contributed by atoms with E-state index in [-0.39, 0.29) is 18.6 Å². The number of hydrogen-bond donors (Lipinski definition) is 1. The van der Waals surface area contributed by atoms with Gasteiger partial charge in [0.1, 0.15) is 6.61 Å². The van der Waals surface area contributed by atoms with Gasteiger partial charge in [-0.15, -0.1) is 0 Å². The predicted molar refractivity (Wildman–Crippen MR) is 71.5 cm³/mol. The molecule has 1 N–H and O–H groups in total. The zero-order chi connectivity index (χ0) is 13.0. The number of halogens is 1. The molecule has 1 fully saturated rings. The molecule has 18 heavy (non-hydrogen) atoms. The van der Waals surface area contributed by atoms with E-state index in [0.29, 0.717) is 18.4 Å². The van der Waals surface area contributed by atoms with Crippen molar-refractivity contribution in [3.05, 3.63) is 35.9 Å². The van der Waals surface area contributed by atoms with Crippen LogP contribution in [-0.2, 0) is 11.3 Å². The minimum absolute atomic E-state index is 0.0919. The molecule has 0 bridgehead atoms. The molecule has 0 aromatic heterocycles. The number of likely N-dealkylation sites (tertiary alicyclic amines) is 1. The second-order valence-electron chi connectivity index (χ2n) is 4.43. The maximum Gasteiger partial charge on any atom is 0.410 e. The summed E-state index contributed by atoms with van der Waals surface area (Å²) in [4.78, 5) is 13.4. The Bertz CT molecular complexity index is 398. The highest BCUT2D eigenvalue weighted by Gasteiger charge is 2.33. The largest absolute Gasteiger partial charge is 0.445 e. The molecule has 0 spiro atoms. The van der Waals surface area contributed by atoms with Crippen LogP contribution in [0.4, 0.5) is 4.79 Å². The van der Waals surface area contributed by atoms with Crippen LogP contribution in [0.3, 0.4) is 0 Å². The van der Waals surface area contributed by atoms with Crippen LogP contribution in [0.15, 0.2) is 30.3 Å². The number of carbonyl (C=O) groups excluding carboxylic acids is 1. The lowest BCUT2D eigenvalue weighted by Crippen LogP contribution is -2.30. The summed E-state index contributed by atoms with van der Waals surface area (Å²) in [7, 11) is 0. The van der Waals surface area contributed by atoms with Crippen LogP contribution in [0.2, 0.25) is 0 Å². The van der Waals surface area contributed by atoms with Gasteiger partial charge in [-0.1, -0.05) is 46.3 Å². The Kier molecular flexibility index (Phi) is 4.60. The first kappa shape index (κ1) is 13.4. The lowest BCUT2D eigenvalue weighted by Gasteiger charge is -2.15. The van der Waals surface area contributed by atoms with Gasteiger partial charge in [0.2, 0.25) is 0 Å². The molecule has 4 nitrogen and oxygen atoms in total. The number of hydrogen-bond acceptors (Lipinski definition) is 3. The molecular weight excluding hydrogens is 298 g/mol. The summed E-state index contributed by atoms with van der Waals surface area (Å²) in [5.74, 6) is 0.0919. The van der Waals surface area contributed by atoms with E-state index in [1.54, 1.807) is 4.90 Å². The van der Waals surface area contributed by atoms with Gasteiger partial charge in [0.05, 0.1) is 12.6 Å². The van der Waals surface area contributed by atoms with Gasteiger partial charge in [0.15, 0.2) is 0 Å². The van der Waals surface area contributed by atoms with Gasteiger partial charge < -0.3 is 14.7 Å². The minimum Gasteiger partial charge on any atom is -0.445 e. The summed E-state index contributed by atoms with van der Waals surface area (Å²) < 4.78 is 5.21. The topological polar surface area (TPSA) is 49.8 Å². The van der Waals surface area contributed by atoms with Crippen LogP contribution in [0, 0.1) is 5.92 Å². The molecule has 1 aliphatic rings. The number of aliphatic hydroxyl groups is 1. The van der Waals surface area contributed by atoms with E-state index in [2.05, 4.69) is 15.9 Å². The molecule has 5 heteroatoms. The molecule has 0 aliphatic carbocycles. The SMILES string of the molecule is O=C(OCc1ccccc1)N1C[C@@H](CBr)[C@@H](O)C1. The highest BCUT2D eigenvalue weighted by Crippen LogP contribution is 2.19. The van der Waals surface area contributed by atoms with Crippen LogP contribution in [0.25, 0.3) is 0 Å². The summed E-state index contributed by atoms with van der Waals surface area (Å²) >= 11 is 3.33. The summed E-state index contributed by atoms with van der Waals surface area (Å²) in [6.45, 7) is 1.16. The van der Waals surface area contributed by atoms with Crippen molar-refractivity contribution in [2.45, 2.75) is 12.7 Å². The first-order chi connectivity index (χ1) is 8.70. The van der Waals surface area contributed by atoms with Crippen molar-refractivity contribution >= 4 is 22.0 Å². The molecule has 0 radical (unpaired) electrons. The standard InChI is InChI=1S/C13H16BrNO3/c14-6-11-7-15(8-12(11)16)13(17)18-9-10-4-2-1-3-5-10/h1-5,11-12,16H,6-9H2/t11-,12+/m1/s1. The molecule has 1 heterocycles. The highest BCUT2D eigenvalue weighted by molar-refractivity contribution is 9.09. The lowest BCUT2D eigenvalue weighted by molar-refractivity contribution is 0.0968. The number of β-amino-alcohol motifs (C(OH)–C–C–N with tert-alkyl or cyclic N) is 1. The van der Waals surface area contributed by atoms with Gasteiger partial charge in [-0.3, -0.25) is 0 Å². The van der Waals surface area contributed by atoms with E-state index in [0.717, 1.165) is 5.56 Å². The third-order valence-corrected chi connectivity index (χ3v) is 3.90. The molecule has 1 amide bonds. The molecule has 0 saturated carbocycles. The fraction of sp³-hybridized carbons (Fsp3) is 0.462. The second-order valence-corrected chi connectivity index (χ2v) is 5.07. The van der Waals surface area contributed by atoms with E-state index in [4.69, 9.17) is 4.74 Å². The lowest BCUT2D eigenvalue weighted by atomic mass is 10.1. The molecule has 0 unspecified atom stereocenters. The zero-order valence-corrected chi connectivity index (χ0v) is 11.5. The van der Waals surface area contributed by atoms with Crippen molar-refractivity contribution in [2.75, 3.05) is 18.4 Å². The van der Waals surface area contributed by atoms with E-state index < -0.39 is 6.10 Å². The molecular formula is C13H16BrNO3. The molecule has 1 aromatic carbocycles. The average Bonchev–Trinajstić information content (AvgIpc) is 2.78. The number of ether oxygens (including phenoxy) is 1. The van der Waals surface area contributed by atoms with Crippen molar-refractivity contribution < 1.29 is 14.6 Å². The van der Waals surface area contributed by atoms with Gasteiger partial charge in [0.25, 0.3) is 0 Å². The van der Waals surface area contributed by atoms with Crippen LogP contribution in [0.5, 0.6) is 0 Å². The van der Waals surface area contributed by atoms with Gasteiger partial charge in [-0.2, -0.15) is 0 Å². The number of nitrogens with zero attached hydrogens (tertiary/aromatic N) is 1. The first-order valence-corrected chi connectivity index (χ1v) is 7.02. The third kappa shape index (κ3) is 3.23. The Hall–Kier alpha value is -1.07. The van der Waals surface area contributed by atoms with Crippen molar-refractivity contribution in [2.24, 2.45) is 5.92 Å². The zero-order valence-electron chi connectivity index (χ0n) is 9.96. The van der Waals surface area contributed by atoms with Crippen LogP contribution < -0.4 is 0 Å². The molecule has 2 atom stereocenters. The third-order valence-electron chi connectivity index (χ3n) is 3.07. The molecule has 1 aliphatic heterocycles. The molecule has 2 rings (SSSR count). The molecule has 98 valence electrons. The summed E-state index contributed by atoms with van der Waals surface area (Å²) in [6, 6.07) is 9.55. The van der Waals surface area contributed by atoms with Crippen LogP contribution in [0.1, 0.15) is 5.56 Å². The highest BCUT2D eigenvalue weighted by atomic mass is 79.9. The second kappa shape index (κ2) is 6.20. The Labute approximate surface area is 115 Å². The monoisotopic (exact) mass is 313 g/mol. The van der Waals surface area contributed by atoms with Crippen molar-refractivity contribution in [1.29, 1.82) is 0 Å². The Morgan fingerprint density at radius 1 is 1.39 bits per heavy atom. The Balaban J connectivity index is 1.82. The Morgan fingerprint density at radius 2 is 2.11 bits per heavy atom. The fourth-order valence-corrected chi connectivity index (χ4v) is 2.60. The van der Waals surface area contributed by atoms with E-state index >= 15 is 0 Å².